The largest absolute Gasteiger partial charge is 0.468 e. The van der Waals surface area contributed by atoms with Gasteiger partial charge in [0.25, 0.3) is 0 Å². The Kier molecular flexibility index (Phi) is 2.91. The van der Waals surface area contributed by atoms with Crippen molar-refractivity contribution in [3.8, 4) is 0 Å². The highest BCUT2D eigenvalue weighted by molar-refractivity contribution is 5.81. The van der Waals surface area contributed by atoms with Crippen LogP contribution >= 0.6 is 0 Å². The van der Waals surface area contributed by atoms with Gasteiger partial charge in [0.1, 0.15) is 11.5 Å². The van der Waals surface area contributed by atoms with Crippen LogP contribution in [0.4, 0.5) is 0 Å². The Labute approximate surface area is 90.1 Å². The molecule has 1 heterocycles. The molecule has 0 aliphatic heterocycles. The molecule has 1 aromatic heterocycles. The number of rotatable bonds is 5. The second-order valence-electron chi connectivity index (χ2n) is 4.27. The third-order valence-electron chi connectivity index (χ3n) is 3.02. The van der Waals surface area contributed by atoms with Crippen molar-refractivity contribution < 1.29 is 9.21 Å². The maximum Gasteiger partial charge on any atom is 0.146 e. The van der Waals surface area contributed by atoms with Crippen LogP contribution in [0.25, 0.3) is 0 Å². The summed E-state index contributed by atoms with van der Waals surface area (Å²) >= 11 is 0. The van der Waals surface area contributed by atoms with Crippen LogP contribution in [0.3, 0.4) is 0 Å². The van der Waals surface area contributed by atoms with Crippen LogP contribution in [0.5, 0.6) is 0 Å². The van der Waals surface area contributed by atoms with Gasteiger partial charge in [0.15, 0.2) is 0 Å². The van der Waals surface area contributed by atoms with E-state index >= 15 is 0 Å². The number of carbonyl (C=O) groups excluding carboxylic acids is 1. The summed E-state index contributed by atoms with van der Waals surface area (Å²) in [5.74, 6) is 1.17. The van der Waals surface area contributed by atoms with Crippen LogP contribution in [-0.4, -0.2) is 22.8 Å². The number of hydrogen-bond donors (Lipinski definition) is 0. The van der Waals surface area contributed by atoms with Crippen LogP contribution in [0.15, 0.2) is 22.8 Å². The molecule has 1 aliphatic carbocycles. The molecular formula is C12H17NO2. The van der Waals surface area contributed by atoms with Crippen LogP contribution < -0.4 is 0 Å². The summed E-state index contributed by atoms with van der Waals surface area (Å²) in [6, 6.07) is 4.43. The van der Waals surface area contributed by atoms with Gasteiger partial charge in [-0.2, -0.15) is 0 Å². The van der Waals surface area contributed by atoms with E-state index in [1.165, 1.54) is 12.8 Å². The Morgan fingerprint density at radius 1 is 1.67 bits per heavy atom. The molecule has 1 atom stereocenters. The summed E-state index contributed by atoms with van der Waals surface area (Å²) in [5, 5.41) is 0. The summed E-state index contributed by atoms with van der Waals surface area (Å²) < 4.78 is 5.32. The molecule has 1 aliphatic rings. The molecule has 3 heteroatoms. The van der Waals surface area contributed by atoms with Gasteiger partial charge >= 0.3 is 0 Å². The topological polar surface area (TPSA) is 33.5 Å². The average molecular weight is 207 g/mol. The van der Waals surface area contributed by atoms with Gasteiger partial charge in [0.2, 0.25) is 0 Å². The third-order valence-corrected chi connectivity index (χ3v) is 3.02. The minimum atomic E-state index is 0.00241. The zero-order valence-corrected chi connectivity index (χ0v) is 9.27. The summed E-state index contributed by atoms with van der Waals surface area (Å²) in [5.41, 5.74) is 0. The molecule has 2 rings (SSSR count). The molecule has 0 saturated heterocycles. The predicted octanol–water partition coefficient (Wildman–Crippen LogP) is 2.22. The molecule has 82 valence electrons. The normalized spacial score (nSPS) is 18.1. The standard InChI is InChI=1S/C12H17NO2/c1-9(10(2)14)13(11-5-6-11)8-12-4-3-7-15-12/h3-4,7,9,11H,5-6,8H2,1-2H3. The molecule has 0 N–H and O–H groups in total. The highest BCUT2D eigenvalue weighted by Gasteiger charge is 2.34. The quantitative estimate of drug-likeness (QED) is 0.742. The van der Waals surface area contributed by atoms with Crippen molar-refractivity contribution in [2.75, 3.05) is 0 Å². The second kappa shape index (κ2) is 4.19. The zero-order chi connectivity index (χ0) is 10.8. The highest BCUT2D eigenvalue weighted by atomic mass is 16.3. The Balaban J connectivity index is 2.03. The molecule has 0 spiro atoms. The molecule has 1 fully saturated rings. The second-order valence-corrected chi connectivity index (χ2v) is 4.27. The molecule has 0 aromatic carbocycles. The molecule has 0 amide bonds. The Bertz CT molecular complexity index is 327. The van der Waals surface area contributed by atoms with Crippen molar-refractivity contribution in [3.63, 3.8) is 0 Å². The lowest BCUT2D eigenvalue weighted by atomic mass is 10.2. The van der Waals surface area contributed by atoms with E-state index in [0.29, 0.717) is 6.04 Å². The Morgan fingerprint density at radius 3 is 2.87 bits per heavy atom. The number of Topliss-reactive ketones (excluding diaryl/α,β-unsaturated/α-hetero) is 1. The Morgan fingerprint density at radius 2 is 2.40 bits per heavy atom. The van der Waals surface area contributed by atoms with Gasteiger partial charge in [-0.3, -0.25) is 9.69 Å². The highest BCUT2D eigenvalue weighted by Crippen LogP contribution is 2.30. The number of ketones is 1. The lowest BCUT2D eigenvalue weighted by Gasteiger charge is -2.26. The average Bonchev–Trinajstić information content (AvgIpc) is 2.92. The van der Waals surface area contributed by atoms with Crippen LogP contribution in [0.2, 0.25) is 0 Å². The van der Waals surface area contributed by atoms with E-state index in [1.807, 2.05) is 19.1 Å². The molecule has 0 bridgehead atoms. The number of nitrogens with zero attached hydrogens (tertiary/aromatic N) is 1. The van der Waals surface area contributed by atoms with Crippen molar-refractivity contribution in [3.05, 3.63) is 24.2 Å². The lowest BCUT2D eigenvalue weighted by Crippen LogP contribution is -2.38. The summed E-state index contributed by atoms with van der Waals surface area (Å²) in [6.07, 6.45) is 4.09. The summed E-state index contributed by atoms with van der Waals surface area (Å²) in [6.45, 7) is 4.38. The third kappa shape index (κ3) is 2.48. The van der Waals surface area contributed by atoms with E-state index in [1.54, 1.807) is 13.2 Å². The van der Waals surface area contributed by atoms with E-state index in [9.17, 15) is 4.79 Å². The van der Waals surface area contributed by atoms with E-state index in [0.717, 1.165) is 12.3 Å². The van der Waals surface area contributed by atoms with Gasteiger partial charge in [0.05, 0.1) is 18.8 Å². The first-order valence-electron chi connectivity index (χ1n) is 5.47. The number of carbonyl (C=O) groups is 1. The maximum atomic E-state index is 11.4. The minimum absolute atomic E-state index is 0.00241. The van der Waals surface area contributed by atoms with E-state index in [4.69, 9.17) is 4.42 Å². The van der Waals surface area contributed by atoms with Crippen LogP contribution in [0.1, 0.15) is 32.4 Å². The maximum absolute atomic E-state index is 11.4. The SMILES string of the molecule is CC(=O)C(C)N(Cc1ccco1)C1CC1. The van der Waals surface area contributed by atoms with Crippen molar-refractivity contribution >= 4 is 5.78 Å². The molecule has 15 heavy (non-hydrogen) atoms. The molecule has 1 unspecified atom stereocenters. The number of furan rings is 1. The van der Waals surface area contributed by atoms with E-state index < -0.39 is 0 Å². The van der Waals surface area contributed by atoms with Crippen LogP contribution in [0, 0.1) is 0 Å². The predicted molar refractivity (Wildman–Crippen MR) is 57.4 cm³/mol. The molecule has 1 saturated carbocycles. The van der Waals surface area contributed by atoms with Crippen molar-refractivity contribution in [1.82, 2.24) is 4.90 Å². The summed E-state index contributed by atoms with van der Waals surface area (Å²) in [4.78, 5) is 13.6. The molecular weight excluding hydrogens is 190 g/mol. The fourth-order valence-electron chi connectivity index (χ4n) is 1.80. The lowest BCUT2D eigenvalue weighted by molar-refractivity contribution is -0.122. The van der Waals surface area contributed by atoms with Gasteiger partial charge in [-0.15, -0.1) is 0 Å². The van der Waals surface area contributed by atoms with Crippen LogP contribution in [-0.2, 0) is 11.3 Å². The van der Waals surface area contributed by atoms with E-state index in [2.05, 4.69) is 4.90 Å². The van der Waals surface area contributed by atoms with Gasteiger partial charge in [-0.05, 0) is 38.8 Å². The fraction of sp³-hybridized carbons (Fsp3) is 0.583. The van der Waals surface area contributed by atoms with Gasteiger partial charge in [-0.25, -0.2) is 0 Å². The summed E-state index contributed by atoms with van der Waals surface area (Å²) in [7, 11) is 0. The molecule has 1 aromatic rings. The van der Waals surface area contributed by atoms with Crippen molar-refractivity contribution in [1.29, 1.82) is 0 Å². The molecule has 3 nitrogen and oxygen atoms in total. The van der Waals surface area contributed by atoms with Crippen molar-refractivity contribution in [2.24, 2.45) is 0 Å². The fourth-order valence-corrected chi connectivity index (χ4v) is 1.80. The van der Waals surface area contributed by atoms with E-state index in [-0.39, 0.29) is 11.8 Å². The zero-order valence-electron chi connectivity index (χ0n) is 9.27. The first-order chi connectivity index (χ1) is 7.18. The first kappa shape index (κ1) is 10.4. The van der Waals surface area contributed by atoms with Gasteiger partial charge in [-0.1, -0.05) is 0 Å². The van der Waals surface area contributed by atoms with Crippen molar-refractivity contribution in [2.45, 2.75) is 45.3 Å². The Hall–Kier alpha value is -1.09. The number of hydrogen-bond acceptors (Lipinski definition) is 3. The molecule has 0 radical (unpaired) electrons. The first-order valence-corrected chi connectivity index (χ1v) is 5.47. The monoisotopic (exact) mass is 207 g/mol. The van der Waals surface area contributed by atoms with Gasteiger partial charge in [0, 0.05) is 6.04 Å². The minimum Gasteiger partial charge on any atom is -0.468 e. The smallest absolute Gasteiger partial charge is 0.146 e. The van der Waals surface area contributed by atoms with Gasteiger partial charge < -0.3 is 4.42 Å².